The van der Waals surface area contributed by atoms with Crippen LogP contribution in [0, 0.1) is 5.82 Å². The van der Waals surface area contributed by atoms with Gasteiger partial charge in [0.25, 0.3) is 0 Å². The minimum Gasteiger partial charge on any atom is -0.493 e. The molecule has 0 amide bonds. The third-order valence-corrected chi connectivity index (χ3v) is 5.48. The molecule has 0 heterocycles. The van der Waals surface area contributed by atoms with Gasteiger partial charge in [0, 0.05) is 27.7 Å². The average molecular weight is 469 g/mol. The molecule has 0 bridgehead atoms. The molecule has 0 saturated carbocycles. The van der Waals surface area contributed by atoms with Gasteiger partial charge in [-0.3, -0.25) is 0 Å². The first kappa shape index (κ1) is 22.7. The van der Waals surface area contributed by atoms with Gasteiger partial charge in [-0.1, -0.05) is 53.0 Å². The first-order valence-corrected chi connectivity index (χ1v) is 10.5. The number of hydrogen-bond acceptors (Lipinski definition) is 3. The Balaban J connectivity index is 1.58. The molecule has 30 heavy (non-hydrogen) atoms. The van der Waals surface area contributed by atoms with E-state index in [0.29, 0.717) is 33.1 Å². The lowest BCUT2D eigenvalue weighted by molar-refractivity contribution is 0.284. The summed E-state index contributed by atoms with van der Waals surface area (Å²) in [5.41, 5.74) is 2.77. The smallest absolute Gasteiger partial charge is 0.163 e. The largest absolute Gasteiger partial charge is 0.493 e. The molecule has 7 heteroatoms. The summed E-state index contributed by atoms with van der Waals surface area (Å²) in [5, 5.41) is 5.21. The first-order chi connectivity index (χ1) is 14.5. The predicted octanol–water partition coefficient (Wildman–Crippen LogP) is 6.71. The number of rotatable bonds is 9. The van der Waals surface area contributed by atoms with Crippen molar-refractivity contribution in [3.8, 4) is 11.5 Å². The van der Waals surface area contributed by atoms with Gasteiger partial charge in [0.2, 0.25) is 0 Å². The van der Waals surface area contributed by atoms with Gasteiger partial charge in [0.15, 0.2) is 11.5 Å². The second kappa shape index (κ2) is 10.9. The first-order valence-electron chi connectivity index (χ1n) is 9.34. The fourth-order valence-corrected chi connectivity index (χ4v) is 3.62. The van der Waals surface area contributed by atoms with Crippen LogP contribution in [0.3, 0.4) is 0 Å². The summed E-state index contributed by atoms with van der Waals surface area (Å²) < 4.78 is 24.3. The molecule has 3 aromatic carbocycles. The summed E-state index contributed by atoms with van der Waals surface area (Å²) in [6.45, 7) is 1.58. The maximum atomic E-state index is 13.0. The van der Waals surface area contributed by atoms with Gasteiger partial charge in [-0.05, 0) is 60.0 Å². The van der Waals surface area contributed by atoms with Gasteiger partial charge in [0.1, 0.15) is 12.4 Å². The van der Waals surface area contributed by atoms with Crippen LogP contribution < -0.4 is 14.8 Å². The summed E-state index contributed by atoms with van der Waals surface area (Å²) in [6.07, 6.45) is 0.767. The van der Waals surface area contributed by atoms with E-state index >= 15 is 0 Å². The van der Waals surface area contributed by atoms with Gasteiger partial charge < -0.3 is 14.8 Å². The number of benzene rings is 3. The van der Waals surface area contributed by atoms with E-state index in [1.807, 2.05) is 18.2 Å². The number of halogens is 4. The van der Waals surface area contributed by atoms with Crippen molar-refractivity contribution in [1.82, 2.24) is 5.32 Å². The standard InChI is InChI=1S/C23H21Cl3FNO2/c1-29-22-10-17(13-28-9-8-16-4-5-18(24)11-20(16)25)21(26)12-23(22)30-14-15-2-6-19(27)7-3-15/h2-7,10-12,28H,8-9,13-14H2,1H3. The van der Waals surface area contributed by atoms with Crippen LogP contribution in [0.4, 0.5) is 4.39 Å². The Morgan fingerprint density at radius 2 is 1.60 bits per heavy atom. The molecular weight excluding hydrogens is 448 g/mol. The third-order valence-electron chi connectivity index (χ3n) is 4.54. The summed E-state index contributed by atoms with van der Waals surface area (Å²) in [7, 11) is 1.58. The highest BCUT2D eigenvalue weighted by molar-refractivity contribution is 6.35. The molecule has 0 radical (unpaired) electrons. The lowest BCUT2D eigenvalue weighted by atomic mass is 10.1. The normalized spacial score (nSPS) is 10.8. The van der Waals surface area contributed by atoms with Crippen molar-refractivity contribution in [2.45, 2.75) is 19.6 Å². The molecule has 0 aliphatic heterocycles. The lowest BCUT2D eigenvalue weighted by Gasteiger charge is -2.14. The number of hydrogen-bond donors (Lipinski definition) is 1. The topological polar surface area (TPSA) is 30.5 Å². The quantitative estimate of drug-likeness (QED) is 0.354. The molecule has 3 aromatic rings. The van der Waals surface area contributed by atoms with E-state index < -0.39 is 0 Å². The van der Waals surface area contributed by atoms with E-state index in [-0.39, 0.29) is 12.4 Å². The number of nitrogens with one attached hydrogen (secondary N) is 1. The number of ether oxygens (including phenoxy) is 2. The van der Waals surface area contributed by atoms with Gasteiger partial charge in [-0.15, -0.1) is 0 Å². The Bertz CT molecular complexity index is 996. The number of methoxy groups -OCH3 is 1. The van der Waals surface area contributed by atoms with Gasteiger partial charge in [0.05, 0.1) is 7.11 Å². The highest BCUT2D eigenvalue weighted by Gasteiger charge is 2.11. The minimum atomic E-state index is -0.283. The molecule has 0 aliphatic rings. The van der Waals surface area contributed by atoms with E-state index in [0.717, 1.165) is 29.7 Å². The van der Waals surface area contributed by atoms with Gasteiger partial charge >= 0.3 is 0 Å². The predicted molar refractivity (Wildman–Crippen MR) is 121 cm³/mol. The second-order valence-electron chi connectivity index (χ2n) is 6.67. The molecule has 0 fully saturated rings. The average Bonchev–Trinajstić information content (AvgIpc) is 2.73. The van der Waals surface area contributed by atoms with E-state index in [1.165, 1.54) is 12.1 Å². The molecule has 158 valence electrons. The van der Waals surface area contributed by atoms with E-state index in [2.05, 4.69) is 5.32 Å². The zero-order chi connectivity index (χ0) is 21.5. The summed E-state index contributed by atoms with van der Waals surface area (Å²) in [6, 6.07) is 15.2. The summed E-state index contributed by atoms with van der Waals surface area (Å²) in [4.78, 5) is 0. The molecule has 0 spiro atoms. The molecule has 1 N–H and O–H groups in total. The monoisotopic (exact) mass is 467 g/mol. The molecule has 0 atom stereocenters. The van der Waals surface area contributed by atoms with Crippen molar-refractivity contribution in [2.24, 2.45) is 0 Å². The highest BCUT2D eigenvalue weighted by Crippen LogP contribution is 2.34. The molecule has 3 rings (SSSR count). The zero-order valence-corrected chi connectivity index (χ0v) is 18.6. The molecule has 0 saturated heterocycles. The van der Waals surface area contributed by atoms with Crippen LogP contribution in [0.2, 0.25) is 15.1 Å². The minimum absolute atomic E-state index is 0.283. The van der Waals surface area contributed by atoms with Crippen molar-refractivity contribution < 1.29 is 13.9 Å². The molecule has 0 unspecified atom stereocenters. The van der Waals surface area contributed by atoms with Crippen molar-refractivity contribution >= 4 is 34.8 Å². The van der Waals surface area contributed by atoms with Crippen molar-refractivity contribution in [3.05, 3.63) is 92.2 Å². The van der Waals surface area contributed by atoms with Crippen LogP contribution >= 0.6 is 34.8 Å². The highest BCUT2D eigenvalue weighted by atomic mass is 35.5. The van der Waals surface area contributed by atoms with Crippen LogP contribution in [0.25, 0.3) is 0 Å². The van der Waals surface area contributed by atoms with Crippen LogP contribution in [-0.4, -0.2) is 13.7 Å². The molecule has 0 aromatic heterocycles. The van der Waals surface area contributed by atoms with Crippen molar-refractivity contribution in [2.75, 3.05) is 13.7 Å². The summed E-state index contributed by atoms with van der Waals surface area (Å²) >= 11 is 18.6. The van der Waals surface area contributed by atoms with Crippen LogP contribution in [0.1, 0.15) is 16.7 Å². The molecular formula is C23H21Cl3FNO2. The maximum Gasteiger partial charge on any atom is 0.163 e. The fraction of sp³-hybridized carbons (Fsp3) is 0.217. The SMILES string of the molecule is COc1cc(CNCCc2ccc(Cl)cc2Cl)c(Cl)cc1OCc1ccc(F)cc1. The van der Waals surface area contributed by atoms with E-state index in [9.17, 15) is 4.39 Å². The van der Waals surface area contributed by atoms with Crippen LogP contribution in [-0.2, 0) is 19.6 Å². The van der Waals surface area contributed by atoms with Crippen molar-refractivity contribution in [1.29, 1.82) is 0 Å². The van der Waals surface area contributed by atoms with Crippen LogP contribution in [0.5, 0.6) is 11.5 Å². The van der Waals surface area contributed by atoms with Gasteiger partial charge in [-0.2, -0.15) is 0 Å². The molecule has 0 aliphatic carbocycles. The van der Waals surface area contributed by atoms with Crippen molar-refractivity contribution in [3.63, 3.8) is 0 Å². The Hall–Kier alpha value is -1.98. The second-order valence-corrected chi connectivity index (χ2v) is 7.92. The Labute approximate surface area is 190 Å². The van der Waals surface area contributed by atoms with E-state index in [1.54, 1.807) is 31.4 Å². The van der Waals surface area contributed by atoms with Gasteiger partial charge in [-0.25, -0.2) is 4.39 Å². The lowest BCUT2D eigenvalue weighted by Crippen LogP contribution is -2.17. The van der Waals surface area contributed by atoms with Crippen LogP contribution in [0.15, 0.2) is 54.6 Å². The maximum absolute atomic E-state index is 13.0. The summed E-state index contributed by atoms with van der Waals surface area (Å²) in [5.74, 6) is 0.831. The zero-order valence-electron chi connectivity index (χ0n) is 16.4. The Morgan fingerprint density at radius 1 is 0.867 bits per heavy atom. The fourth-order valence-electron chi connectivity index (χ4n) is 2.90. The molecule has 3 nitrogen and oxygen atoms in total. The van der Waals surface area contributed by atoms with E-state index in [4.69, 9.17) is 44.3 Å². The third kappa shape index (κ3) is 6.26. The Kier molecular flexibility index (Phi) is 8.23. The Morgan fingerprint density at radius 3 is 2.30 bits per heavy atom.